The van der Waals surface area contributed by atoms with Crippen molar-refractivity contribution in [2.24, 2.45) is 11.8 Å². The predicted molar refractivity (Wildman–Crippen MR) is 102 cm³/mol. The average molecular weight is 365 g/mol. The lowest BCUT2D eigenvalue weighted by molar-refractivity contribution is 0.0772. The second kappa shape index (κ2) is 6.11. The van der Waals surface area contributed by atoms with Gasteiger partial charge < -0.3 is 18.9 Å². The lowest BCUT2D eigenvalue weighted by Crippen LogP contribution is -2.34. The van der Waals surface area contributed by atoms with Crippen LogP contribution in [-0.4, -0.2) is 51.7 Å². The summed E-state index contributed by atoms with van der Waals surface area (Å²) in [4.78, 5) is 21.8. The smallest absolute Gasteiger partial charge is 0.276 e. The number of amides is 1. The third-order valence-electron chi connectivity index (χ3n) is 5.85. The largest absolute Gasteiger partial charge is 0.361 e. The van der Waals surface area contributed by atoms with Gasteiger partial charge in [-0.25, -0.2) is 4.98 Å². The molecule has 1 aromatic carbocycles. The summed E-state index contributed by atoms with van der Waals surface area (Å²) < 4.78 is 7.34. The number of carbonyl (C=O) groups is 1. The highest BCUT2D eigenvalue weighted by molar-refractivity contribution is 5.92. The maximum atomic E-state index is 12.6. The summed E-state index contributed by atoms with van der Waals surface area (Å²) in [5, 5.41) is 3.87. The van der Waals surface area contributed by atoms with Crippen molar-refractivity contribution in [3.8, 4) is 0 Å². The molecule has 0 bridgehead atoms. The van der Waals surface area contributed by atoms with Crippen LogP contribution in [0.15, 0.2) is 34.9 Å². The van der Waals surface area contributed by atoms with E-state index < -0.39 is 0 Å². The molecule has 2 aliphatic rings. The molecule has 0 radical (unpaired) electrons. The van der Waals surface area contributed by atoms with E-state index in [0.29, 0.717) is 23.3 Å². The van der Waals surface area contributed by atoms with Gasteiger partial charge in [-0.2, -0.15) is 0 Å². The van der Waals surface area contributed by atoms with Crippen molar-refractivity contribution >= 4 is 22.9 Å². The van der Waals surface area contributed by atoms with Gasteiger partial charge in [-0.15, -0.1) is 0 Å². The number of hydrogen-bond acceptors (Lipinski definition) is 5. The molecule has 3 aromatic rings. The van der Waals surface area contributed by atoms with Crippen LogP contribution in [0.1, 0.15) is 23.2 Å². The first-order valence-electron chi connectivity index (χ1n) is 9.57. The van der Waals surface area contributed by atoms with Gasteiger partial charge >= 0.3 is 0 Å². The minimum absolute atomic E-state index is 0.0198. The number of aryl methyl sites for hydroxylation is 2. The van der Waals surface area contributed by atoms with Crippen molar-refractivity contribution in [1.29, 1.82) is 0 Å². The topological polar surface area (TPSA) is 67.4 Å². The monoisotopic (exact) mass is 365 g/mol. The van der Waals surface area contributed by atoms with E-state index in [4.69, 9.17) is 9.51 Å². The number of carbonyl (C=O) groups excluding carboxylic acids is 1. The third-order valence-corrected chi connectivity index (χ3v) is 5.85. The molecule has 2 unspecified atom stereocenters. The van der Waals surface area contributed by atoms with Crippen LogP contribution in [0.25, 0.3) is 11.0 Å². The highest BCUT2D eigenvalue weighted by Gasteiger charge is 2.43. The Labute approximate surface area is 157 Å². The van der Waals surface area contributed by atoms with E-state index in [-0.39, 0.29) is 5.91 Å². The standard InChI is InChI=1S/C20H23N5O2/c1-3-25-18-7-5-4-6-16(18)21-20(25)24-11-14-9-23(10-15(14)12-24)19(26)17-8-13(2)27-22-17/h4-8,14-15H,3,9-12H2,1-2H3. The summed E-state index contributed by atoms with van der Waals surface area (Å²) in [6, 6.07) is 10.0. The molecule has 2 saturated heterocycles. The van der Waals surface area contributed by atoms with E-state index in [1.165, 1.54) is 5.52 Å². The summed E-state index contributed by atoms with van der Waals surface area (Å²) >= 11 is 0. The van der Waals surface area contributed by atoms with Gasteiger partial charge in [0.1, 0.15) is 5.76 Å². The number of nitrogens with zero attached hydrogens (tertiary/aromatic N) is 5. The second-order valence-corrected chi connectivity index (χ2v) is 7.60. The molecule has 7 nitrogen and oxygen atoms in total. The van der Waals surface area contributed by atoms with Gasteiger partial charge in [-0.1, -0.05) is 17.3 Å². The number of para-hydroxylation sites is 2. The van der Waals surface area contributed by atoms with Crippen LogP contribution < -0.4 is 4.90 Å². The van der Waals surface area contributed by atoms with E-state index in [2.05, 4.69) is 39.7 Å². The molecule has 0 N–H and O–H groups in total. The van der Waals surface area contributed by atoms with Gasteiger partial charge in [0.25, 0.3) is 5.91 Å². The summed E-state index contributed by atoms with van der Waals surface area (Å²) in [6.45, 7) is 8.30. The second-order valence-electron chi connectivity index (χ2n) is 7.60. The molecule has 2 aliphatic heterocycles. The molecule has 2 aromatic heterocycles. The molecular weight excluding hydrogens is 342 g/mol. The molecule has 7 heteroatoms. The normalized spacial score (nSPS) is 22.0. The number of anilines is 1. The van der Waals surface area contributed by atoms with E-state index in [1.54, 1.807) is 13.0 Å². The van der Waals surface area contributed by atoms with Crippen LogP contribution in [0.2, 0.25) is 0 Å². The molecule has 4 heterocycles. The van der Waals surface area contributed by atoms with Crippen molar-refractivity contribution in [2.45, 2.75) is 20.4 Å². The Morgan fingerprint density at radius 1 is 1.19 bits per heavy atom. The van der Waals surface area contributed by atoms with Crippen molar-refractivity contribution < 1.29 is 9.32 Å². The molecule has 2 atom stereocenters. The molecule has 0 spiro atoms. The van der Waals surface area contributed by atoms with E-state index in [1.807, 2.05) is 11.0 Å². The summed E-state index contributed by atoms with van der Waals surface area (Å²) in [6.07, 6.45) is 0. The molecule has 0 aliphatic carbocycles. The van der Waals surface area contributed by atoms with Crippen molar-refractivity contribution in [3.05, 3.63) is 41.8 Å². The average Bonchev–Trinajstić information content (AvgIpc) is 3.41. The maximum Gasteiger partial charge on any atom is 0.276 e. The Kier molecular flexibility index (Phi) is 3.70. The Balaban J connectivity index is 1.34. The Morgan fingerprint density at radius 2 is 1.93 bits per heavy atom. The molecular formula is C20H23N5O2. The molecule has 2 fully saturated rings. The summed E-state index contributed by atoms with van der Waals surface area (Å²) in [5.74, 6) is 2.66. The number of likely N-dealkylation sites (tertiary alicyclic amines) is 1. The van der Waals surface area contributed by atoms with Gasteiger partial charge in [0, 0.05) is 50.6 Å². The van der Waals surface area contributed by atoms with Crippen molar-refractivity contribution in [1.82, 2.24) is 19.6 Å². The van der Waals surface area contributed by atoms with Crippen LogP contribution in [-0.2, 0) is 6.54 Å². The number of aromatic nitrogens is 3. The van der Waals surface area contributed by atoms with Crippen LogP contribution in [0.4, 0.5) is 5.95 Å². The zero-order chi connectivity index (χ0) is 18.5. The fraction of sp³-hybridized carbons (Fsp3) is 0.450. The molecule has 27 heavy (non-hydrogen) atoms. The van der Waals surface area contributed by atoms with E-state index in [0.717, 1.165) is 44.2 Å². The quantitative estimate of drug-likeness (QED) is 0.714. The molecule has 140 valence electrons. The van der Waals surface area contributed by atoms with Crippen molar-refractivity contribution in [3.63, 3.8) is 0 Å². The van der Waals surface area contributed by atoms with Gasteiger partial charge in [-0.3, -0.25) is 4.79 Å². The van der Waals surface area contributed by atoms with Gasteiger partial charge in [0.05, 0.1) is 11.0 Å². The number of benzene rings is 1. The van der Waals surface area contributed by atoms with Crippen LogP contribution in [0.5, 0.6) is 0 Å². The number of fused-ring (bicyclic) bond motifs is 2. The number of rotatable bonds is 3. The van der Waals surface area contributed by atoms with Crippen LogP contribution >= 0.6 is 0 Å². The fourth-order valence-corrected chi connectivity index (χ4v) is 4.57. The highest BCUT2D eigenvalue weighted by Crippen LogP contribution is 2.35. The number of hydrogen-bond donors (Lipinski definition) is 0. The Bertz CT molecular complexity index is 993. The van der Waals surface area contributed by atoms with Gasteiger partial charge in [0.15, 0.2) is 5.69 Å². The zero-order valence-corrected chi connectivity index (χ0v) is 15.6. The first-order valence-corrected chi connectivity index (χ1v) is 9.57. The molecule has 0 saturated carbocycles. The van der Waals surface area contributed by atoms with Gasteiger partial charge in [0.2, 0.25) is 5.95 Å². The fourth-order valence-electron chi connectivity index (χ4n) is 4.57. The maximum absolute atomic E-state index is 12.6. The zero-order valence-electron chi connectivity index (χ0n) is 15.6. The van der Waals surface area contributed by atoms with Crippen molar-refractivity contribution in [2.75, 3.05) is 31.1 Å². The number of imidazole rings is 1. The first-order chi connectivity index (χ1) is 13.1. The minimum atomic E-state index is -0.0198. The first kappa shape index (κ1) is 16.4. The minimum Gasteiger partial charge on any atom is -0.361 e. The van der Waals surface area contributed by atoms with Crippen LogP contribution in [0.3, 0.4) is 0 Å². The van der Waals surface area contributed by atoms with Gasteiger partial charge in [-0.05, 0) is 26.0 Å². The SMILES string of the molecule is CCn1c(N2CC3CN(C(=O)c4cc(C)on4)CC3C2)nc2ccccc21. The lowest BCUT2D eigenvalue weighted by atomic mass is 10.0. The third kappa shape index (κ3) is 2.60. The van der Waals surface area contributed by atoms with Crippen LogP contribution in [0, 0.1) is 18.8 Å². The molecule has 5 rings (SSSR count). The Morgan fingerprint density at radius 3 is 2.59 bits per heavy atom. The Hall–Kier alpha value is -2.83. The summed E-state index contributed by atoms with van der Waals surface area (Å²) in [7, 11) is 0. The van der Waals surface area contributed by atoms with E-state index in [9.17, 15) is 4.79 Å². The lowest BCUT2D eigenvalue weighted by Gasteiger charge is -2.22. The summed E-state index contributed by atoms with van der Waals surface area (Å²) in [5.41, 5.74) is 2.65. The molecule has 1 amide bonds. The predicted octanol–water partition coefficient (Wildman–Crippen LogP) is 2.56. The van der Waals surface area contributed by atoms with E-state index >= 15 is 0 Å². The highest BCUT2D eigenvalue weighted by atomic mass is 16.5.